The first-order valence-electron chi connectivity index (χ1n) is 5.43. The highest BCUT2D eigenvalue weighted by molar-refractivity contribution is 5.41. The number of phenols is 2. The Hall–Kier alpha value is -1.26. The lowest BCUT2D eigenvalue weighted by Gasteiger charge is -2.16. The molecule has 90 valence electrons. The van der Waals surface area contributed by atoms with E-state index in [9.17, 15) is 5.11 Å². The third-order valence-corrected chi connectivity index (χ3v) is 2.35. The molecule has 0 saturated carbocycles. The molecule has 0 aliphatic carbocycles. The first-order chi connectivity index (χ1) is 7.69. The van der Waals surface area contributed by atoms with Gasteiger partial charge >= 0.3 is 0 Å². The number of phenolic OH excluding ortho intramolecular Hbond substituents is 2. The van der Waals surface area contributed by atoms with Crippen LogP contribution in [-0.2, 0) is 4.74 Å². The van der Waals surface area contributed by atoms with Gasteiger partial charge < -0.3 is 20.1 Å². The fourth-order valence-electron chi connectivity index (χ4n) is 1.37. The smallest absolute Gasteiger partial charge is 0.157 e. The highest BCUT2D eigenvalue weighted by atomic mass is 16.5. The Morgan fingerprint density at radius 3 is 2.56 bits per heavy atom. The van der Waals surface area contributed by atoms with E-state index in [4.69, 9.17) is 14.9 Å². The van der Waals surface area contributed by atoms with E-state index in [-0.39, 0.29) is 18.1 Å². The van der Waals surface area contributed by atoms with Gasteiger partial charge in [-0.3, -0.25) is 0 Å². The van der Waals surface area contributed by atoms with Crippen LogP contribution in [0.3, 0.4) is 0 Å². The van der Waals surface area contributed by atoms with Crippen LogP contribution in [0.1, 0.15) is 31.4 Å². The highest BCUT2D eigenvalue weighted by Crippen LogP contribution is 2.29. The van der Waals surface area contributed by atoms with Crippen molar-refractivity contribution in [1.82, 2.24) is 0 Å². The van der Waals surface area contributed by atoms with Gasteiger partial charge in [-0.2, -0.15) is 0 Å². The van der Waals surface area contributed by atoms with Crippen molar-refractivity contribution in [3.05, 3.63) is 23.8 Å². The van der Waals surface area contributed by atoms with E-state index in [0.29, 0.717) is 12.2 Å². The van der Waals surface area contributed by atoms with Gasteiger partial charge in [-0.05, 0) is 24.1 Å². The molecule has 1 unspecified atom stereocenters. The van der Waals surface area contributed by atoms with Crippen molar-refractivity contribution in [2.45, 2.75) is 25.9 Å². The summed E-state index contributed by atoms with van der Waals surface area (Å²) in [5.74, 6) is -0.371. The molecule has 0 spiro atoms. The quantitative estimate of drug-likeness (QED) is 0.512. The summed E-state index contributed by atoms with van der Waals surface area (Å²) in [4.78, 5) is 0. The molecule has 16 heavy (non-hydrogen) atoms. The molecular formula is C12H18O4. The second kappa shape index (κ2) is 6.35. The number of hydrogen-bond donors (Lipinski definition) is 3. The van der Waals surface area contributed by atoms with Crippen LogP contribution in [0.5, 0.6) is 11.5 Å². The van der Waals surface area contributed by atoms with E-state index >= 15 is 0 Å². The number of ether oxygens (including phenoxy) is 1. The summed E-state index contributed by atoms with van der Waals surface area (Å²) >= 11 is 0. The lowest BCUT2D eigenvalue weighted by atomic mass is 10.1. The van der Waals surface area contributed by atoms with Gasteiger partial charge in [-0.15, -0.1) is 0 Å². The second-order valence-electron chi connectivity index (χ2n) is 3.64. The molecule has 0 aliphatic heterocycles. The molecule has 0 aromatic heterocycles. The lowest BCUT2D eigenvalue weighted by Crippen LogP contribution is -2.09. The Balaban J connectivity index is 2.67. The largest absolute Gasteiger partial charge is 0.504 e. The summed E-state index contributed by atoms with van der Waals surface area (Å²) in [5, 5.41) is 27.7. The van der Waals surface area contributed by atoms with Crippen LogP contribution in [0.2, 0.25) is 0 Å². The minimum Gasteiger partial charge on any atom is -0.504 e. The Morgan fingerprint density at radius 2 is 2.00 bits per heavy atom. The zero-order valence-corrected chi connectivity index (χ0v) is 9.39. The molecule has 0 heterocycles. The van der Waals surface area contributed by atoms with Crippen LogP contribution < -0.4 is 0 Å². The molecule has 4 nitrogen and oxygen atoms in total. The molecule has 0 aliphatic rings. The predicted molar refractivity (Wildman–Crippen MR) is 60.5 cm³/mol. The standard InChI is InChI=1S/C12H18O4/c1-2-3-6-16-12(8-13)9-4-5-10(14)11(15)7-9/h4-5,7,12-15H,2-3,6,8H2,1H3. The van der Waals surface area contributed by atoms with Crippen LogP contribution in [0, 0.1) is 0 Å². The molecule has 0 saturated heterocycles. The highest BCUT2D eigenvalue weighted by Gasteiger charge is 2.12. The number of hydrogen-bond acceptors (Lipinski definition) is 4. The molecule has 1 aromatic rings. The molecular weight excluding hydrogens is 208 g/mol. The number of aliphatic hydroxyl groups is 1. The van der Waals surface area contributed by atoms with E-state index in [1.165, 1.54) is 12.1 Å². The van der Waals surface area contributed by atoms with E-state index in [0.717, 1.165) is 12.8 Å². The summed E-state index contributed by atoms with van der Waals surface area (Å²) < 4.78 is 5.47. The van der Waals surface area contributed by atoms with E-state index in [2.05, 4.69) is 6.92 Å². The summed E-state index contributed by atoms with van der Waals surface area (Å²) in [7, 11) is 0. The minimum atomic E-state index is -0.446. The first-order valence-corrected chi connectivity index (χ1v) is 5.43. The molecule has 0 amide bonds. The van der Waals surface area contributed by atoms with Gasteiger partial charge in [-0.1, -0.05) is 19.4 Å². The molecule has 0 radical (unpaired) electrons. The Labute approximate surface area is 95.1 Å². The van der Waals surface area contributed by atoms with Gasteiger partial charge in [0.05, 0.1) is 6.61 Å². The van der Waals surface area contributed by atoms with Crippen molar-refractivity contribution in [1.29, 1.82) is 0 Å². The van der Waals surface area contributed by atoms with Crippen LogP contribution >= 0.6 is 0 Å². The Bertz CT molecular complexity index is 325. The molecule has 0 bridgehead atoms. The summed E-state index contributed by atoms with van der Waals surface area (Å²) in [5.41, 5.74) is 0.661. The predicted octanol–water partition coefficient (Wildman–Crippen LogP) is 1.95. The van der Waals surface area contributed by atoms with E-state index in [1.54, 1.807) is 6.07 Å². The monoisotopic (exact) mass is 226 g/mol. The molecule has 1 atom stereocenters. The maximum Gasteiger partial charge on any atom is 0.157 e. The zero-order chi connectivity index (χ0) is 12.0. The van der Waals surface area contributed by atoms with Crippen LogP contribution in [0.25, 0.3) is 0 Å². The van der Waals surface area contributed by atoms with Crippen LogP contribution in [0.4, 0.5) is 0 Å². The first kappa shape index (κ1) is 12.8. The molecule has 4 heteroatoms. The number of unbranched alkanes of at least 4 members (excludes halogenated alkanes) is 1. The molecule has 0 fully saturated rings. The van der Waals surface area contributed by atoms with Crippen LogP contribution in [0.15, 0.2) is 18.2 Å². The van der Waals surface area contributed by atoms with E-state index in [1.807, 2.05) is 0 Å². The average Bonchev–Trinajstić information content (AvgIpc) is 2.29. The fraction of sp³-hybridized carbons (Fsp3) is 0.500. The van der Waals surface area contributed by atoms with Gasteiger partial charge in [0, 0.05) is 6.61 Å². The van der Waals surface area contributed by atoms with Crippen molar-refractivity contribution < 1.29 is 20.1 Å². The van der Waals surface area contributed by atoms with Crippen LogP contribution in [-0.4, -0.2) is 28.5 Å². The SMILES string of the molecule is CCCCOC(CO)c1ccc(O)c(O)c1. The lowest BCUT2D eigenvalue weighted by molar-refractivity contribution is 0.0103. The molecule has 3 N–H and O–H groups in total. The molecule has 1 rings (SSSR count). The summed E-state index contributed by atoms with van der Waals surface area (Å²) in [6.45, 7) is 2.49. The third-order valence-electron chi connectivity index (χ3n) is 2.35. The van der Waals surface area contributed by atoms with Gasteiger partial charge in [0.25, 0.3) is 0 Å². The van der Waals surface area contributed by atoms with Gasteiger partial charge in [-0.25, -0.2) is 0 Å². The van der Waals surface area contributed by atoms with Gasteiger partial charge in [0.1, 0.15) is 6.10 Å². The van der Waals surface area contributed by atoms with Gasteiger partial charge in [0.2, 0.25) is 0 Å². The number of benzene rings is 1. The van der Waals surface area contributed by atoms with Crippen molar-refractivity contribution in [3.8, 4) is 11.5 Å². The number of rotatable bonds is 6. The zero-order valence-electron chi connectivity index (χ0n) is 9.39. The Kier molecular flexibility index (Phi) is 5.08. The third kappa shape index (κ3) is 3.40. The topological polar surface area (TPSA) is 69.9 Å². The number of aliphatic hydroxyl groups excluding tert-OH is 1. The van der Waals surface area contributed by atoms with E-state index < -0.39 is 6.10 Å². The summed E-state index contributed by atoms with van der Waals surface area (Å²) in [6, 6.07) is 4.42. The maximum atomic E-state index is 9.33. The summed E-state index contributed by atoms with van der Waals surface area (Å²) in [6.07, 6.45) is 1.51. The number of aromatic hydroxyl groups is 2. The molecule has 1 aromatic carbocycles. The average molecular weight is 226 g/mol. The van der Waals surface area contributed by atoms with Gasteiger partial charge in [0.15, 0.2) is 11.5 Å². The van der Waals surface area contributed by atoms with Crippen molar-refractivity contribution >= 4 is 0 Å². The van der Waals surface area contributed by atoms with Crippen molar-refractivity contribution in [2.24, 2.45) is 0 Å². The van der Waals surface area contributed by atoms with Crippen molar-refractivity contribution in [3.63, 3.8) is 0 Å². The van der Waals surface area contributed by atoms with Crippen molar-refractivity contribution in [2.75, 3.05) is 13.2 Å². The minimum absolute atomic E-state index is 0.145. The fourth-order valence-corrected chi connectivity index (χ4v) is 1.37. The normalized spacial score (nSPS) is 12.6. The Morgan fingerprint density at radius 1 is 1.25 bits per heavy atom. The second-order valence-corrected chi connectivity index (χ2v) is 3.64. The maximum absolute atomic E-state index is 9.33.